The van der Waals surface area contributed by atoms with Gasteiger partial charge in [0, 0.05) is 12.6 Å². The molecular weight excluding hydrogens is 264 g/mol. The predicted octanol–water partition coefficient (Wildman–Crippen LogP) is 2.42. The van der Waals surface area contributed by atoms with Crippen molar-refractivity contribution in [1.82, 2.24) is 14.9 Å². The van der Waals surface area contributed by atoms with Crippen molar-refractivity contribution in [3.63, 3.8) is 0 Å². The van der Waals surface area contributed by atoms with Crippen molar-refractivity contribution in [2.24, 2.45) is 0 Å². The van der Waals surface area contributed by atoms with E-state index in [1.807, 2.05) is 0 Å². The highest BCUT2D eigenvalue weighted by Gasteiger charge is 2.16. The van der Waals surface area contributed by atoms with Crippen LogP contribution in [0.15, 0.2) is 6.33 Å². The first-order valence-corrected chi connectivity index (χ1v) is 7.12. The van der Waals surface area contributed by atoms with Crippen LogP contribution in [-0.2, 0) is 0 Å². The molecule has 5 nitrogen and oxygen atoms in total. The molecule has 2 rings (SSSR count). The van der Waals surface area contributed by atoms with Gasteiger partial charge >= 0.3 is 0 Å². The van der Waals surface area contributed by atoms with Crippen LogP contribution in [0.25, 0.3) is 0 Å². The molecule has 0 saturated carbocycles. The number of rotatable bonds is 5. The highest BCUT2D eigenvalue weighted by molar-refractivity contribution is 6.31. The maximum Gasteiger partial charge on any atom is 0.198 e. The number of piperidine rings is 1. The van der Waals surface area contributed by atoms with Gasteiger partial charge in [0.05, 0.1) is 7.11 Å². The molecule has 1 unspecified atom stereocenters. The van der Waals surface area contributed by atoms with Crippen LogP contribution >= 0.6 is 11.6 Å². The first kappa shape index (κ1) is 14.3. The Hall–Kier alpha value is -1.07. The Bertz CT molecular complexity index is 410. The summed E-state index contributed by atoms with van der Waals surface area (Å²) in [6.45, 7) is 5.52. The smallest absolute Gasteiger partial charge is 0.198 e. The van der Waals surface area contributed by atoms with Gasteiger partial charge in [0.1, 0.15) is 6.33 Å². The van der Waals surface area contributed by atoms with Crippen molar-refractivity contribution in [2.45, 2.75) is 32.2 Å². The van der Waals surface area contributed by atoms with Crippen molar-refractivity contribution in [1.29, 1.82) is 0 Å². The monoisotopic (exact) mass is 284 g/mol. The van der Waals surface area contributed by atoms with Crippen LogP contribution in [0, 0.1) is 0 Å². The average Bonchev–Trinajstić information content (AvgIpc) is 2.40. The normalized spacial score (nSPS) is 18.1. The van der Waals surface area contributed by atoms with E-state index >= 15 is 0 Å². The van der Waals surface area contributed by atoms with E-state index in [0.717, 1.165) is 6.54 Å². The van der Waals surface area contributed by atoms with Gasteiger partial charge < -0.3 is 15.0 Å². The molecule has 1 N–H and O–H groups in total. The molecule has 0 bridgehead atoms. The van der Waals surface area contributed by atoms with Crippen molar-refractivity contribution < 1.29 is 4.74 Å². The molecule has 19 heavy (non-hydrogen) atoms. The van der Waals surface area contributed by atoms with E-state index in [9.17, 15) is 0 Å². The molecule has 0 spiro atoms. The third kappa shape index (κ3) is 3.94. The zero-order valence-corrected chi connectivity index (χ0v) is 12.3. The lowest BCUT2D eigenvalue weighted by Gasteiger charge is -2.29. The zero-order valence-electron chi connectivity index (χ0n) is 11.5. The largest absolute Gasteiger partial charge is 0.490 e. The van der Waals surface area contributed by atoms with Crippen LogP contribution in [0.2, 0.25) is 5.15 Å². The van der Waals surface area contributed by atoms with E-state index in [-0.39, 0.29) is 6.04 Å². The van der Waals surface area contributed by atoms with Gasteiger partial charge in [-0.3, -0.25) is 0 Å². The van der Waals surface area contributed by atoms with Crippen molar-refractivity contribution in [3.05, 3.63) is 11.5 Å². The van der Waals surface area contributed by atoms with Crippen LogP contribution in [0.3, 0.4) is 0 Å². The number of nitrogens with zero attached hydrogens (tertiary/aromatic N) is 3. The Morgan fingerprint density at radius 2 is 2.11 bits per heavy atom. The van der Waals surface area contributed by atoms with Crippen LogP contribution < -0.4 is 10.1 Å². The second-order valence-corrected chi connectivity index (χ2v) is 5.31. The number of methoxy groups -OCH3 is 1. The molecule has 0 amide bonds. The van der Waals surface area contributed by atoms with Gasteiger partial charge in [-0.2, -0.15) is 0 Å². The Labute approximate surface area is 119 Å². The van der Waals surface area contributed by atoms with Crippen LogP contribution in [0.5, 0.6) is 5.75 Å². The Kier molecular flexibility index (Phi) is 5.22. The van der Waals surface area contributed by atoms with Crippen LogP contribution in [0.1, 0.15) is 26.2 Å². The SMILES string of the molecule is COc1c(Cl)ncnc1NC(C)CN1CCCCC1. The number of halogens is 1. The summed E-state index contributed by atoms with van der Waals surface area (Å²) in [5, 5.41) is 3.69. The van der Waals surface area contributed by atoms with Gasteiger partial charge in [-0.25, -0.2) is 9.97 Å². The highest BCUT2D eigenvalue weighted by atomic mass is 35.5. The number of nitrogens with one attached hydrogen (secondary N) is 1. The minimum absolute atomic E-state index is 0.290. The minimum Gasteiger partial charge on any atom is -0.490 e. The Morgan fingerprint density at radius 3 is 2.79 bits per heavy atom. The Balaban J connectivity index is 1.94. The standard InChI is InChI=1S/C13H21ClN4O/c1-10(8-18-6-4-3-5-7-18)17-13-11(19-2)12(14)15-9-16-13/h9-10H,3-8H2,1-2H3,(H,15,16,17). The molecule has 1 saturated heterocycles. The zero-order chi connectivity index (χ0) is 13.7. The lowest BCUT2D eigenvalue weighted by atomic mass is 10.1. The van der Waals surface area contributed by atoms with Crippen molar-refractivity contribution in [2.75, 3.05) is 32.1 Å². The molecule has 0 radical (unpaired) electrons. The number of ether oxygens (including phenoxy) is 1. The maximum atomic E-state index is 5.98. The summed E-state index contributed by atoms with van der Waals surface area (Å²) in [6.07, 6.45) is 5.40. The molecule has 1 aliphatic heterocycles. The summed E-state index contributed by atoms with van der Waals surface area (Å²) < 4.78 is 5.23. The summed E-state index contributed by atoms with van der Waals surface area (Å²) in [5.41, 5.74) is 0. The molecule has 106 valence electrons. The lowest BCUT2D eigenvalue weighted by molar-refractivity contribution is 0.223. The molecule has 1 aliphatic rings. The number of hydrogen-bond donors (Lipinski definition) is 1. The van der Waals surface area contributed by atoms with E-state index in [4.69, 9.17) is 16.3 Å². The summed E-state index contributed by atoms with van der Waals surface area (Å²) in [4.78, 5) is 10.6. The lowest BCUT2D eigenvalue weighted by Crippen LogP contribution is -2.38. The van der Waals surface area contributed by atoms with Gasteiger partial charge in [0.2, 0.25) is 0 Å². The van der Waals surface area contributed by atoms with E-state index in [2.05, 4.69) is 27.1 Å². The molecule has 2 heterocycles. The first-order chi connectivity index (χ1) is 9.20. The van der Waals surface area contributed by atoms with Gasteiger partial charge in [-0.05, 0) is 32.9 Å². The third-order valence-corrected chi connectivity index (χ3v) is 3.60. The average molecular weight is 285 g/mol. The van der Waals surface area contributed by atoms with Gasteiger partial charge in [0.25, 0.3) is 0 Å². The molecule has 1 fully saturated rings. The predicted molar refractivity (Wildman–Crippen MR) is 77.0 cm³/mol. The molecule has 1 atom stereocenters. The maximum absolute atomic E-state index is 5.98. The molecular formula is C13H21ClN4O. The quantitative estimate of drug-likeness (QED) is 0.842. The third-order valence-electron chi connectivity index (χ3n) is 3.33. The number of hydrogen-bond acceptors (Lipinski definition) is 5. The summed E-state index contributed by atoms with van der Waals surface area (Å²) in [5.74, 6) is 1.17. The fourth-order valence-corrected chi connectivity index (χ4v) is 2.65. The number of aromatic nitrogens is 2. The molecule has 1 aromatic heterocycles. The minimum atomic E-state index is 0.290. The van der Waals surface area contributed by atoms with Gasteiger partial charge in [-0.15, -0.1) is 0 Å². The van der Waals surface area contributed by atoms with Crippen LogP contribution in [-0.4, -0.2) is 47.7 Å². The second-order valence-electron chi connectivity index (χ2n) is 4.95. The van der Waals surface area contributed by atoms with Gasteiger partial charge in [-0.1, -0.05) is 18.0 Å². The highest BCUT2D eigenvalue weighted by Crippen LogP contribution is 2.28. The van der Waals surface area contributed by atoms with Gasteiger partial charge in [0.15, 0.2) is 16.7 Å². The summed E-state index contributed by atoms with van der Waals surface area (Å²) >= 11 is 5.98. The number of likely N-dealkylation sites (tertiary alicyclic amines) is 1. The molecule has 6 heteroatoms. The van der Waals surface area contributed by atoms with E-state index in [0.29, 0.717) is 16.7 Å². The van der Waals surface area contributed by atoms with Crippen molar-refractivity contribution >= 4 is 17.4 Å². The van der Waals surface area contributed by atoms with E-state index in [1.54, 1.807) is 7.11 Å². The summed E-state index contributed by atoms with van der Waals surface area (Å²) in [6, 6.07) is 0.290. The fourth-order valence-electron chi connectivity index (χ4n) is 2.44. The topological polar surface area (TPSA) is 50.3 Å². The fraction of sp³-hybridized carbons (Fsp3) is 0.692. The Morgan fingerprint density at radius 1 is 1.37 bits per heavy atom. The van der Waals surface area contributed by atoms with Crippen LogP contribution in [0.4, 0.5) is 5.82 Å². The molecule has 0 aliphatic carbocycles. The van der Waals surface area contributed by atoms with E-state index < -0.39 is 0 Å². The summed E-state index contributed by atoms with van der Waals surface area (Å²) in [7, 11) is 1.57. The second kappa shape index (κ2) is 6.91. The van der Waals surface area contributed by atoms with Crippen molar-refractivity contribution in [3.8, 4) is 5.75 Å². The first-order valence-electron chi connectivity index (χ1n) is 6.74. The molecule has 1 aromatic rings. The number of anilines is 1. The molecule has 0 aromatic carbocycles. The van der Waals surface area contributed by atoms with E-state index in [1.165, 1.54) is 38.7 Å².